The molecule has 0 aliphatic carbocycles. The Hall–Kier alpha value is -0.950. The van der Waals surface area contributed by atoms with E-state index in [0.29, 0.717) is 0 Å². The number of carbonyl (C=O) groups is 2. The van der Waals surface area contributed by atoms with Crippen LogP contribution in [-0.4, -0.2) is 63.4 Å². The van der Waals surface area contributed by atoms with Gasteiger partial charge in [-0.2, -0.15) is 11.8 Å². The van der Waals surface area contributed by atoms with Gasteiger partial charge < -0.3 is 20.4 Å². The monoisotopic (exact) mass is 274 g/mol. The van der Waals surface area contributed by atoms with Gasteiger partial charge in [0.25, 0.3) is 0 Å². The molecule has 0 radical (unpaired) electrons. The lowest BCUT2D eigenvalue weighted by molar-refractivity contribution is -0.141. The van der Waals surface area contributed by atoms with Crippen LogP contribution in [0.1, 0.15) is 19.3 Å². The van der Waals surface area contributed by atoms with E-state index in [4.69, 9.17) is 5.11 Å². The van der Waals surface area contributed by atoms with E-state index in [9.17, 15) is 14.7 Å². The zero-order valence-electron chi connectivity index (χ0n) is 10.0. The Morgan fingerprint density at radius 2 is 1.94 bits per heavy atom. The van der Waals surface area contributed by atoms with E-state index < -0.39 is 18.1 Å². The summed E-state index contributed by atoms with van der Waals surface area (Å²) in [6.45, 7) is 0.101. The van der Waals surface area contributed by atoms with Crippen LogP contribution in [0.3, 0.4) is 0 Å². The van der Waals surface area contributed by atoms with Crippen molar-refractivity contribution in [2.75, 3.05) is 18.1 Å². The molecule has 2 unspecified atom stereocenters. The number of nitrogens with zero attached hydrogens (tertiary/aromatic N) is 1. The van der Waals surface area contributed by atoms with Crippen molar-refractivity contribution in [1.29, 1.82) is 0 Å². The molecule has 2 atom stereocenters. The predicted molar refractivity (Wildman–Crippen MR) is 67.6 cm³/mol. The summed E-state index contributed by atoms with van der Waals surface area (Å²) in [4.78, 5) is 24.3. The summed E-state index contributed by atoms with van der Waals surface area (Å²) in [6, 6.07) is -1.14. The smallest absolute Gasteiger partial charge is 0.326 e. The molecule has 2 saturated heterocycles. The molecule has 0 aromatic heterocycles. The Labute approximate surface area is 110 Å². The fourth-order valence-corrected chi connectivity index (χ4v) is 3.48. The van der Waals surface area contributed by atoms with Gasteiger partial charge in [0.15, 0.2) is 0 Å². The van der Waals surface area contributed by atoms with Crippen molar-refractivity contribution in [3.63, 3.8) is 0 Å². The molecule has 102 valence electrons. The fraction of sp³-hybridized carbons (Fsp3) is 0.818. The highest BCUT2D eigenvalue weighted by Gasteiger charge is 2.39. The van der Waals surface area contributed by atoms with Crippen LogP contribution < -0.4 is 5.32 Å². The number of hydrogen-bond donors (Lipinski definition) is 3. The molecule has 3 N–H and O–H groups in total. The minimum Gasteiger partial charge on any atom is -0.480 e. The van der Waals surface area contributed by atoms with Crippen molar-refractivity contribution >= 4 is 23.8 Å². The number of carboxylic acids is 1. The molecule has 6 nitrogen and oxygen atoms in total. The molecule has 2 rings (SSSR count). The van der Waals surface area contributed by atoms with Crippen LogP contribution in [0.15, 0.2) is 0 Å². The Balaban J connectivity index is 1.92. The molecular weight excluding hydrogens is 256 g/mol. The van der Waals surface area contributed by atoms with Gasteiger partial charge in [-0.15, -0.1) is 0 Å². The number of rotatable bonds is 2. The summed E-state index contributed by atoms with van der Waals surface area (Å²) in [6.07, 6.45) is 1.22. The summed E-state index contributed by atoms with van der Waals surface area (Å²) in [5.41, 5.74) is 0. The SMILES string of the molecule is O=C(O)C1CC(O)CN1C(=O)NC1CCSCC1. The van der Waals surface area contributed by atoms with Crippen LogP contribution in [0.25, 0.3) is 0 Å². The first kappa shape index (κ1) is 13.5. The molecule has 18 heavy (non-hydrogen) atoms. The highest BCUT2D eigenvalue weighted by Crippen LogP contribution is 2.20. The third kappa shape index (κ3) is 3.08. The zero-order chi connectivity index (χ0) is 13.1. The minimum absolute atomic E-state index is 0.101. The lowest BCUT2D eigenvalue weighted by Crippen LogP contribution is -2.50. The predicted octanol–water partition coefficient (Wildman–Crippen LogP) is 0.111. The second-order valence-corrected chi connectivity index (χ2v) is 5.96. The van der Waals surface area contributed by atoms with Gasteiger partial charge in [-0.1, -0.05) is 0 Å². The first-order chi connectivity index (χ1) is 8.58. The number of aliphatic hydroxyl groups excluding tert-OH is 1. The standard InChI is InChI=1S/C11H18N2O4S/c14-8-5-9(10(15)16)13(6-8)11(17)12-7-1-3-18-4-2-7/h7-9,14H,1-6H2,(H,12,17)(H,15,16). The van der Waals surface area contributed by atoms with Crippen molar-refractivity contribution in [3.05, 3.63) is 0 Å². The number of thioether (sulfide) groups is 1. The molecule has 7 heteroatoms. The van der Waals surface area contributed by atoms with E-state index >= 15 is 0 Å². The first-order valence-corrected chi connectivity index (χ1v) is 7.29. The number of aliphatic carboxylic acids is 1. The number of urea groups is 1. The van der Waals surface area contributed by atoms with Gasteiger partial charge in [-0.3, -0.25) is 0 Å². The average Bonchev–Trinajstić information content (AvgIpc) is 2.73. The number of carbonyl (C=O) groups excluding carboxylic acids is 1. The normalized spacial score (nSPS) is 29.3. The molecule has 2 amide bonds. The average molecular weight is 274 g/mol. The van der Waals surface area contributed by atoms with E-state index in [0.717, 1.165) is 24.3 Å². The van der Waals surface area contributed by atoms with E-state index in [1.165, 1.54) is 4.90 Å². The van der Waals surface area contributed by atoms with Gasteiger partial charge in [0.2, 0.25) is 0 Å². The molecule has 2 fully saturated rings. The Morgan fingerprint density at radius 1 is 1.28 bits per heavy atom. The quantitative estimate of drug-likeness (QED) is 0.665. The Bertz CT molecular complexity index is 333. The Kier molecular flexibility index (Phi) is 4.34. The molecule has 2 aliphatic rings. The summed E-state index contributed by atoms with van der Waals surface area (Å²) >= 11 is 1.86. The van der Waals surface area contributed by atoms with Gasteiger partial charge in [0, 0.05) is 19.0 Å². The van der Waals surface area contributed by atoms with Crippen molar-refractivity contribution in [2.45, 2.75) is 37.5 Å². The molecule has 0 saturated carbocycles. The van der Waals surface area contributed by atoms with Crippen LogP contribution in [0, 0.1) is 0 Å². The number of hydrogen-bond acceptors (Lipinski definition) is 4. The van der Waals surface area contributed by atoms with Gasteiger partial charge in [0.1, 0.15) is 6.04 Å². The minimum atomic E-state index is -1.05. The molecule has 0 aromatic carbocycles. The third-order valence-corrected chi connectivity index (χ3v) is 4.42. The third-order valence-electron chi connectivity index (χ3n) is 3.37. The molecule has 0 aromatic rings. The fourth-order valence-electron chi connectivity index (χ4n) is 2.37. The molecule has 0 bridgehead atoms. The van der Waals surface area contributed by atoms with Gasteiger partial charge in [0.05, 0.1) is 6.10 Å². The van der Waals surface area contributed by atoms with Crippen molar-refractivity contribution in [3.8, 4) is 0 Å². The van der Waals surface area contributed by atoms with Crippen LogP contribution in [0.5, 0.6) is 0 Å². The summed E-state index contributed by atoms with van der Waals surface area (Å²) < 4.78 is 0. The molecule has 0 spiro atoms. The van der Waals surface area contributed by atoms with Crippen molar-refractivity contribution in [1.82, 2.24) is 10.2 Å². The molecule has 2 heterocycles. The highest BCUT2D eigenvalue weighted by atomic mass is 32.2. The van der Waals surface area contributed by atoms with Gasteiger partial charge in [-0.25, -0.2) is 9.59 Å². The van der Waals surface area contributed by atoms with Crippen LogP contribution in [0.2, 0.25) is 0 Å². The largest absolute Gasteiger partial charge is 0.480 e. The number of amides is 2. The first-order valence-electron chi connectivity index (χ1n) is 6.13. The lowest BCUT2D eigenvalue weighted by Gasteiger charge is -2.27. The van der Waals surface area contributed by atoms with Crippen LogP contribution >= 0.6 is 11.8 Å². The Morgan fingerprint density at radius 3 is 2.56 bits per heavy atom. The number of β-amino-alcohol motifs (C(OH)–C–C–N with tert-alkyl or cyclic N) is 1. The number of likely N-dealkylation sites (tertiary alicyclic amines) is 1. The van der Waals surface area contributed by atoms with E-state index in [1.54, 1.807) is 0 Å². The second-order valence-electron chi connectivity index (χ2n) is 4.73. The van der Waals surface area contributed by atoms with E-state index in [2.05, 4.69) is 5.32 Å². The summed E-state index contributed by atoms with van der Waals surface area (Å²) in [7, 11) is 0. The lowest BCUT2D eigenvalue weighted by atomic mass is 10.1. The summed E-state index contributed by atoms with van der Waals surface area (Å²) in [5.74, 6) is 0.993. The van der Waals surface area contributed by atoms with Gasteiger partial charge in [-0.05, 0) is 24.3 Å². The molecular formula is C11H18N2O4S. The maximum absolute atomic E-state index is 12.0. The molecule has 2 aliphatic heterocycles. The number of aliphatic hydroxyl groups is 1. The van der Waals surface area contributed by atoms with Crippen LogP contribution in [-0.2, 0) is 4.79 Å². The summed E-state index contributed by atoms with van der Waals surface area (Å²) in [5, 5.41) is 21.4. The topological polar surface area (TPSA) is 89.9 Å². The van der Waals surface area contributed by atoms with Crippen molar-refractivity contribution in [2.24, 2.45) is 0 Å². The van der Waals surface area contributed by atoms with Crippen LogP contribution in [0.4, 0.5) is 4.79 Å². The zero-order valence-corrected chi connectivity index (χ0v) is 10.9. The number of carboxylic acid groups (broad SMARTS) is 1. The maximum Gasteiger partial charge on any atom is 0.326 e. The second kappa shape index (κ2) is 5.79. The maximum atomic E-state index is 12.0. The van der Waals surface area contributed by atoms with Gasteiger partial charge >= 0.3 is 12.0 Å². The van der Waals surface area contributed by atoms with Crippen molar-refractivity contribution < 1.29 is 19.8 Å². The van der Waals surface area contributed by atoms with E-state index in [1.807, 2.05) is 11.8 Å². The highest BCUT2D eigenvalue weighted by molar-refractivity contribution is 7.99. The number of nitrogens with one attached hydrogen (secondary N) is 1. The van der Waals surface area contributed by atoms with E-state index in [-0.39, 0.29) is 25.0 Å².